The van der Waals surface area contributed by atoms with Gasteiger partial charge in [0.2, 0.25) is 5.88 Å². The van der Waals surface area contributed by atoms with Crippen LogP contribution in [0.15, 0.2) is 53.7 Å². The molecule has 0 fully saturated rings. The van der Waals surface area contributed by atoms with E-state index in [0.717, 1.165) is 5.56 Å². The SMILES string of the molecule is COC(=O)C1=C(C(=O)OC)N(c2cccc(-c3cccc(OC)n3)c2)COC1. The second-order valence-corrected chi connectivity index (χ2v) is 5.83. The number of anilines is 1. The van der Waals surface area contributed by atoms with Crippen LogP contribution in [-0.2, 0) is 23.8 Å². The van der Waals surface area contributed by atoms with Crippen molar-refractivity contribution in [3.8, 4) is 17.1 Å². The predicted molar refractivity (Wildman–Crippen MR) is 101 cm³/mol. The second-order valence-electron chi connectivity index (χ2n) is 5.83. The predicted octanol–water partition coefficient (Wildman–Crippen LogP) is 2.15. The van der Waals surface area contributed by atoms with Crippen molar-refractivity contribution < 1.29 is 28.5 Å². The molecule has 0 amide bonds. The fourth-order valence-electron chi connectivity index (χ4n) is 2.87. The Bertz CT molecular complexity index is 924. The van der Waals surface area contributed by atoms with Gasteiger partial charge in [0, 0.05) is 17.3 Å². The molecule has 3 rings (SSSR count). The van der Waals surface area contributed by atoms with E-state index in [1.807, 2.05) is 30.3 Å². The lowest BCUT2D eigenvalue weighted by Crippen LogP contribution is -2.38. The molecule has 146 valence electrons. The fourth-order valence-corrected chi connectivity index (χ4v) is 2.87. The van der Waals surface area contributed by atoms with Crippen LogP contribution in [0.5, 0.6) is 5.88 Å². The Kier molecular flexibility index (Phi) is 5.90. The van der Waals surface area contributed by atoms with Gasteiger partial charge in [-0.15, -0.1) is 0 Å². The highest BCUT2D eigenvalue weighted by atomic mass is 16.5. The number of nitrogens with zero attached hydrogens (tertiary/aromatic N) is 2. The van der Waals surface area contributed by atoms with Crippen molar-refractivity contribution in [3.05, 3.63) is 53.7 Å². The van der Waals surface area contributed by atoms with Crippen LogP contribution in [-0.4, -0.2) is 51.6 Å². The van der Waals surface area contributed by atoms with Gasteiger partial charge in [-0.1, -0.05) is 18.2 Å². The standard InChI is InChI=1S/C20H20N2O6/c1-25-17-9-5-8-16(21-17)13-6-4-7-14(10-13)22-12-28-11-15(19(23)26-2)18(22)20(24)27-3/h4-10H,11-12H2,1-3H3. The Balaban J connectivity index is 2.06. The first-order valence-electron chi connectivity index (χ1n) is 8.45. The first-order valence-corrected chi connectivity index (χ1v) is 8.45. The van der Waals surface area contributed by atoms with Crippen LogP contribution in [0, 0.1) is 0 Å². The molecule has 1 aliphatic heterocycles. The van der Waals surface area contributed by atoms with Crippen LogP contribution >= 0.6 is 0 Å². The summed E-state index contributed by atoms with van der Waals surface area (Å²) in [6, 6.07) is 12.8. The third kappa shape index (κ3) is 3.81. The van der Waals surface area contributed by atoms with Crippen molar-refractivity contribution in [1.82, 2.24) is 4.98 Å². The number of methoxy groups -OCH3 is 3. The van der Waals surface area contributed by atoms with Gasteiger partial charge in [-0.25, -0.2) is 14.6 Å². The minimum Gasteiger partial charge on any atom is -0.481 e. The molecule has 8 nitrogen and oxygen atoms in total. The van der Waals surface area contributed by atoms with E-state index >= 15 is 0 Å². The molecular formula is C20H20N2O6. The summed E-state index contributed by atoms with van der Waals surface area (Å²) < 4.78 is 20.3. The van der Waals surface area contributed by atoms with Gasteiger partial charge in [-0.3, -0.25) is 0 Å². The Morgan fingerprint density at radius 1 is 1.04 bits per heavy atom. The first-order chi connectivity index (χ1) is 13.6. The van der Waals surface area contributed by atoms with E-state index in [2.05, 4.69) is 4.98 Å². The average Bonchev–Trinajstić information content (AvgIpc) is 2.77. The number of carbonyl (C=O) groups excluding carboxylic acids is 2. The Morgan fingerprint density at radius 3 is 2.50 bits per heavy atom. The topological polar surface area (TPSA) is 87.2 Å². The van der Waals surface area contributed by atoms with Gasteiger partial charge < -0.3 is 23.8 Å². The number of ether oxygens (including phenoxy) is 4. The maximum absolute atomic E-state index is 12.4. The van der Waals surface area contributed by atoms with E-state index < -0.39 is 11.9 Å². The third-order valence-corrected chi connectivity index (χ3v) is 4.22. The zero-order valence-electron chi connectivity index (χ0n) is 15.8. The summed E-state index contributed by atoms with van der Waals surface area (Å²) in [7, 11) is 4.06. The molecule has 0 spiro atoms. The van der Waals surface area contributed by atoms with Crippen LogP contribution in [0.4, 0.5) is 5.69 Å². The van der Waals surface area contributed by atoms with Crippen molar-refractivity contribution in [3.63, 3.8) is 0 Å². The fraction of sp³-hybridized carbons (Fsp3) is 0.250. The zero-order chi connectivity index (χ0) is 20.1. The summed E-state index contributed by atoms with van der Waals surface area (Å²) in [5.74, 6) is -0.795. The Labute approximate surface area is 162 Å². The number of esters is 2. The van der Waals surface area contributed by atoms with E-state index in [0.29, 0.717) is 17.3 Å². The molecule has 0 saturated carbocycles. The van der Waals surface area contributed by atoms with Crippen LogP contribution in [0.1, 0.15) is 0 Å². The molecule has 0 atom stereocenters. The lowest BCUT2D eigenvalue weighted by molar-refractivity contribution is -0.140. The van der Waals surface area contributed by atoms with Gasteiger partial charge in [0.1, 0.15) is 12.4 Å². The molecule has 0 radical (unpaired) electrons. The number of benzene rings is 1. The maximum atomic E-state index is 12.4. The number of carbonyl (C=O) groups is 2. The summed E-state index contributed by atoms with van der Waals surface area (Å²) >= 11 is 0. The van der Waals surface area contributed by atoms with Gasteiger partial charge >= 0.3 is 11.9 Å². The Morgan fingerprint density at radius 2 is 1.79 bits per heavy atom. The van der Waals surface area contributed by atoms with E-state index in [-0.39, 0.29) is 24.6 Å². The molecule has 0 N–H and O–H groups in total. The second kappa shape index (κ2) is 8.53. The lowest BCUT2D eigenvalue weighted by atomic mass is 10.1. The molecule has 0 saturated heterocycles. The monoisotopic (exact) mass is 384 g/mol. The van der Waals surface area contributed by atoms with Crippen molar-refractivity contribution >= 4 is 17.6 Å². The minimum absolute atomic E-state index is 0.0370. The van der Waals surface area contributed by atoms with Crippen LogP contribution in [0.3, 0.4) is 0 Å². The van der Waals surface area contributed by atoms with E-state index in [9.17, 15) is 9.59 Å². The molecular weight excluding hydrogens is 364 g/mol. The summed E-state index contributed by atoms with van der Waals surface area (Å²) in [5, 5.41) is 0. The number of rotatable bonds is 5. The minimum atomic E-state index is -0.645. The highest BCUT2D eigenvalue weighted by molar-refractivity contribution is 6.03. The van der Waals surface area contributed by atoms with Crippen molar-refractivity contribution in [1.29, 1.82) is 0 Å². The third-order valence-electron chi connectivity index (χ3n) is 4.22. The van der Waals surface area contributed by atoms with Gasteiger partial charge in [0.25, 0.3) is 0 Å². The molecule has 0 bridgehead atoms. The Hall–Kier alpha value is -3.39. The van der Waals surface area contributed by atoms with Gasteiger partial charge in [-0.2, -0.15) is 0 Å². The van der Waals surface area contributed by atoms with Crippen LogP contribution in [0.25, 0.3) is 11.3 Å². The average molecular weight is 384 g/mol. The number of hydrogen-bond donors (Lipinski definition) is 0. The first kappa shape index (κ1) is 19.4. The molecule has 1 aromatic carbocycles. The lowest BCUT2D eigenvalue weighted by Gasteiger charge is -2.31. The van der Waals surface area contributed by atoms with E-state index in [4.69, 9.17) is 18.9 Å². The number of pyridine rings is 1. The number of aromatic nitrogens is 1. The maximum Gasteiger partial charge on any atom is 0.355 e. The highest BCUT2D eigenvalue weighted by Gasteiger charge is 2.32. The molecule has 1 aromatic heterocycles. The largest absolute Gasteiger partial charge is 0.481 e. The van der Waals surface area contributed by atoms with Crippen molar-refractivity contribution in [2.24, 2.45) is 0 Å². The van der Waals surface area contributed by atoms with Crippen LogP contribution in [0.2, 0.25) is 0 Å². The summed E-state index contributed by atoms with van der Waals surface area (Å²) in [6.07, 6.45) is 0. The summed E-state index contributed by atoms with van der Waals surface area (Å²) in [6.45, 7) is 0.0463. The van der Waals surface area contributed by atoms with Crippen molar-refractivity contribution in [2.75, 3.05) is 39.6 Å². The van der Waals surface area contributed by atoms with Gasteiger partial charge in [0.05, 0.1) is 39.2 Å². The van der Waals surface area contributed by atoms with Gasteiger partial charge in [-0.05, 0) is 18.2 Å². The normalized spacial score (nSPS) is 13.9. The van der Waals surface area contributed by atoms with Crippen molar-refractivity contribution in [2.45, 2.75) is 0 Å². The molecule has 2 heterocycles. The van der Waals surface area contributed by atoms with E-state index in [1.165, 1.54) is 14.2 Å². The van der Waals surface area contributed by atoms with E-state index in [1.54, 1.807) is 24.1 Å². The molecule has 0 aliphatic carbocycles. The number of hydrogen-bond acceptors (Lipinski definition) is 8. The highest BCUT2D eigenvalue weighted by Crippen LogP contribution is 2.30. The van der Waals surface area contributed by atoms with Crippen LogP contribution < -0.4 is 9.64 Å². The summed E-state index contributed by atoms with van der Waals surface area (Å²) in [5.41, 5.74) is 2.35. The molecule has 28 heavy (non-hydrogen) atoms. The molecule has 0 unspecified atom stereocenters. The summed E-state index contributed by atoms with van der Waals surface area (Å²) in [4.78, 5) is 30.5. The molecule has 8 heteroatoms. The molecule has 2 aromatic rings. The quantitative estimate of drug-likeness (QED) is 0.725. The zero-order valence-corrected chi connectivity index (χ0v) is 15.8. The molecule has 1 aliphatic rings. The smallest absolute Gasteiger partial charge is 0.355 e. The van der Waals surface area contributed by atoms with Gasteiger partial charge in [0.15, 0.2) is 0 Å².